The van der Waals surface area contributed by atoms with E-state index in [1.165, 1.54) is 16.7 Å². The average Bonchev–Trinajstić information content (AvgIpc) is 2.60. The fraction of sp³-hybridized carbons (Fsp3) is 0.364. The first-order valence-electron chi connectivity index (χ1n) is 4.66. The highest BCUT2D eigenvalue weighted by atomic mass is 16.2. The van der Waals surface area contributed by atoms with E-state index in [2.05, 4.69) is 30.4 Å². The Bertz CT molecular complexity index is 397. The molecule has 0 saturated carbocycles. The maximum absolute atomic E-state index is 11.4. The van der Waals surface area contributed by atoms with Gasteiger partial charge in [-0.3, -0.25) is 4.79 Å². The lowest BCUT2D eigenvalue weighted by atomic mass is 9.97. The topological polar surface area (TPSA) is 29.1 Å². The summed E-state index contributed by atoms with van der Waals surface area (Å²) >= 11 is 0. The molecule has 1 saturated heterocycles. The van der Waals surface area contributed by atoms with Gasteiger partial charge in [0, 0.05) is 0 Å². The molecule has 1 aromatic rings. The predicted molar refractivity (Wildman–Crippen MR) is 49.4 cm³/mol. The van der Waals surface area contributed by atoms with Crippen molar-refractivity contribution in [1.82, 2.24) is 5.32 Å². The number of fused-ring (bicyclic) bond motifs is 5. The lowest BCUT2D eigenvalue weighted by Crippen LogP contribution is -2.26. The molecule has 1 heterocycles. The van der Waals surface area contributed by atoms with Crippen LogP contribution in [0, 0.1) is 6.92 Å². The zero-order valence-electron chi connectivity index (χ0n) is 7.50. The molecule has 1 fully saturated rings. The third kappa shape index (κ3) is 0.804. The van der Waals surface area contributed by atoms with Gasteiger partial charge in [-0.1, -0.05) is 23.8 Å². The molecule has 1 aromatic carbocycles. The van der Waals surface area contributed by atoms with Crippen molar-refractivity contribution in [2.45, 2.75) is 25.3 Å². The summed E-state index contributed by atoms with van der Waals surface area (Å²) in [5.41, 5.74) is 3.84. The molecular weight excluding hydrogens is 162 g/mol. The summed E-state index contributed by atoms with van der Waals surface area (Å²) in [6.07, 6.45) is 0.970. The molecule has 1 aliphatic heterocycles. The van der Waals surface area contributed by atoms with Crippen LogP contribution in [0.1, 0.15) is 35.1 Å². The van der Waals surface area contributed by atoms with Crippen LogP contribution in [-0.4, -0.2) is 5.91 Å². The van der Waals surface area contributed by atoms with Gasteiger partial charge in [-0.2, -0.15) is 0 Å². The quantitative estimate of drug-likeness (QED) is 0.635. The van der Waals surface area contributed by atoms with Crippen molar-refractivity contribution in [2.24, 2.45) is 0 Å². The largest absolute Gasteiger partial charge is 0.349 e. The number of benzene rings is 1. The highest BCUT2D eigenvalue weighted by Gasteiger charge is 2.42. The van der Waals surface area contributed by atoms with Crippen LogP contribution in [0.4, 0.5) is 0 Å². The fourth-order valence-corrected chi connectivity index (χ4v) is 2.46. The Kier molecular flexibility index (Phi) is 1.17. The second kappa shape index (κ2) is 2.13. The van der Waals surface area contributed by atoms with Gasteiger partial charge in [-0.25, -0.2) is 0 Å². The minimum absolute atomic E-state index is 0.139. The number of carbonyl (C=O) groups is 1. The van der Waals surface area contributed by atoms with E-state index < -0.39 is 0 Å². The van der Waals surface area contributed by atoms with Crippen LogP contribution in [0.5, 0.6) is 0 Å². The van der Waals surface area contributed by atoms with E-state index in [0.29, 0.717) is 6.04 Å². The Hall–Kier alpha value is -1.31. The van der Waals surface area contributed by atoms with Gasteiger partial charge in [0.1, 0.15) is 0 Å². The number of rotatable bonds is 0. The molecule has 0 aromatic heterocycles. The van der Waals surface area contributed by atoms with Gasteiger partial charge in [0.15, 0.2) is 0 Å². The number of hydrogen-bond acceptors (Lipinski definition) is 1. The Labute approximate surface area is 77.0 Å². The molecular formula is C11H11NO. The standard InChI is InChI=1S/C11H11NO/c1-6-2-3-7-8(4-6)9-5-10(7)12-11(9)13/h2-4,9-10H,5H2,1H3,(H,12,13). The predicted octanol–water partition coefficient (Wildman–Crippen LogP) is 1.65. The van der Waals surface area contributed by atoms with Gasteiger partial charge in [-0.15, -0.1) is 0 Å². The van der Waals surface area contributed by atoms with Crippen molar-refractivity contribution in [1.29, 1.82) is 0 Å². The molecule has 3 rings (SSSR count). The third-order valence-corrected chi connectivity index (χ3v) is 3.10. The molecule has 66 valence electrons. The van der Waals surface area contributed by atoms with Crippen molar-refractivity contribution < 1.29 is 4.79 Å². The molecule has 2 aliphatic rings. The van der Waals surface area contributed by atoms with E-state index in [-0.39, 0.29) is 11.8 Å². The summed E-state index contributed by atoms with van der Waals surface area (Å²) in [4.78, 5) is 11.4. The highest BCUT2D eigenvalue weighted by molar-refractivity contribution is 5.89. The van der Waals surface area contributed by atoms with E-state index in [9.17, 15) is 4.79 Å². The summed E-state index contributed by atoms with van der Waals surface area (Å²) in [7, 11) is 0. The van der Waals surface area contributed by atoms with Gasteiger partial charge in [0.25, 0.3) is 0 Å². The van der Waals surface area contributed by atoms with E-state index in [1.54, 1.807) is 0 Å². The second-order valence-electron chi connectivity index (χ2n) is 3.98. The lowest BCUT2D eigenvalue weighted by Gasteiger charge is -2.16. The first-order valence-corrected chi connectivity index (χ1v) is 4.66. The van der Waals surface area contributed by atoms with Crippen molar-refractivity contribution in [2.75, 3.05) is 0 Å². The molecule has 1 aliphatic carbocycles. The molecule has 1 N–H and O–H groups in total. The summed E-state index contributed by atoms with van der Waals surface area (Å²) in [5.74, 6) is 0.350. The molecule has 2 nitrogen and oxygen atoms in total. The number of hydrogen-bond donors (Lipinski definition) is 1. The van der Waals surface area contributed by atoms with Crippen LogP contribution < -0.4 is 5.32 Å². The minimum Gasteiger partial charge on any atom is -0.349 e. The second-order valence-corrected chi connectivity index (χ2v) is 3.98. The molecule has 2 unspecified atom stereocenters. The van der Waals surface area contributed by atoms with Crippen LogP contribution in [0.2, 0.25) is 0 Å². The minimum atomic E-state index is 0.139. The van der Waals surface area contributed by atoms with E-state index in [4.69, 9.17) is 0 Å². The Morgan fingerprint density at radius 2 is 2.23 bits per heavy atom. The number of amides is 1. The Balaban J connectivity index is 2.21. The van der Waals surface area contributed by atoms with Gasteiger partial charge in [-0.05, 0) is 24.5 Å². The SMILES string of the molecule is Cc1ccc2c(c1)C1CC2NC1=O. The van der Waals surface area contributed by atoms with Crippen LogP contribution >= 0.6 is 0 Å². The third-order valence-electron chi connectivity index (χ3n) is 3.10. The average molecular weight is 173 g/mol. The number of aryl methyl sites for hydroxylation is 1. The van der Waals surface area contributed by atoms with Crippen molar-refractivity contribution in [3.8, 4) is 0 Å². The first-order chi connectivity index (χ1) is 6.25. The molecule has 1 amide bonds. The summed E-state index contributed by atoms with van der Waals surface area (Å²) in [6.45, 7) is 2.07. The van der Waals surface area contributed by atoms with E-state index in [1.807, 2.05) is 0 Å². The Morgan fingerprint density at radius 1 is 1.38 bits per heavy atom. The maximum atomic E-state index is 11.4. The van der Waals surface area contributed by atoms with E-state index >= 15 is 0 Å². The van der Waals surface area contributed by atoms with Crippen molar-refractivity contribution in [3.05, 3.63) is 34.9 Å². The van der Waals surface area contributed by atoms with Crippen LogP contribution in [0.3, 0.4) is 0 Å². The summed E-state index contributed by atoms with van der Waals surface area (Å²) < 4.78 is 0. The molecule has 2 atom stereocenters. The summed E-state index contributed by atoms with van der Waals surface area (Å²) in [6, 6.07) is 6.72. The van der Waals surface area contributed by atoms with Crippen LogP contribution in [0.25, 0.3) is 0 Å². The van der Waals surface area contributed by atoms with Crippen LogP contribution in [0.15, 0.2) is 18.2 Å². The van der Waals surface area contributed by atoms with E-state index in [0.717, 1.165) is 6.42 Å². The molecule has 0 radical (unpaired) electrons. The molecule has 13 heavy (non-hydrogen) atoms. The zero-order valence-corrected chi connectivity index (χ0v) is 7.50. The van der Waals surface area contributed by atoms with Crippen molar-refractivity contribution >= 4 is 5.91 Å². The number of carbonyl (C=O) groups excluding carboxylic acids is 1. The fourth-order valence-electron chi connectivity index (χ4n) is 2.46. The number of nitrogens with one attached hydrogen (secondary N) is 1. The highest BCUT2D eigenvalue weighted by Crippen LogP contribution is 2.45. The molecule has 2 bridgehead atoms. The summed E-state index contributed by atoms with van der Waals surface area (Å²) in [5, 5.41) is 2.99. The molecule has 0 spiro atoms. The van der Waals surface area contributed by atoms with Gasteiger partial charge >= 0.3 is 0 Å². The van der Waals surface area contributed by atoms with Gasteiger partial charge < -0.3 is 5.32 Å². The van der Waals surface area contributed by atoms with Gasteiger partial charge in [0.05, 0.1) is 12.0 Å². The van der Waals surface area contributed by atoms with Gasteiger partial charge in [0.2, 0.25) is 5.91 Å². The van der Waals surface area contributed by atoms with Crippen molar-refractivity contribution in [3.63, 3.8) is 0 Å². The normalized spacial score (nSPS) is 28.8. The first kappa shape index (κ1) is 7.13. The molecule has 2 heteroatoms. The maximum Gasteiger partial charge on any atom is 0.228 e. The smallest absolute Gasteiger partial charge is 0.228 e. The lowest BCUT2D eigenvalue weighted by molar-refractivity contribution is -0.120. The Morgan fingerprint density at radius 3 is 3.08 bits per heavy atom. The van der Waals surface area contributed by atoms with Crippen LogP contribution in [-0.2, 0) is 4.79 Å². The zero-order chi connectivity index (χ0) is 9.00. The monoisotopic (exact) mass is 173 g/mol.